The van der Waals surface area contributed by atoms with E-state index in [-0.39, 0.29) is 23.5 Å². The number of carbonyl (C=O) groups is 1. The van der Waals surface area contributed by atoms with E-state index in [2.05, 4.69) is 14.9 Å². The number of hydrogen-bond acceptors (Lipinski definition) is 6. The van der Waals surface area contributed by atoms with Crippen molar-refractivity contribution in [2.45, 2.75) is 56.9 Å². The zero-order valence-electron chi connectivity index (χ0n) is 21.9. The maximum atomic E-state index is 13.0. The van der Waals surface area contributed by atoms with Gasteiger partial charge in [0.15, 0.2) is 9.84 Å². The first-order valence-corrected chi connectivity index (χ1v) is 14.6. The van der Waals surface area contributed by atoms with Crippen molar-refractivity contribution in [1.82, 2.24) is 19.8 Å². The normalized spacial score (nSPS) is 16.5. The Bertz CT molecular complexity index is 1410. The van der Waals surface area contributed by atoms with Crippen molar-refractivity contribution in [1.29, 1.82) is 0 Å². The molecule has 2 N–H and O–H groups in total. The summed E-state index contributed by atoms with van der Waals surface area (Å²) in [6, 6.07) is 9.27. The molecule has 39 heavy (non-hydrogen) atoms. The maximum absolute atomic E-state index is 13.0. The molecule has 0 radical (unpaired) electrons. The van der Waals surface area contributed by atoms with Gasteiger partial charge in [-0.2, -0.15) is 13.2 Å². The first-order valence-electron chi connectivity index (χ1n) is 13.0. The van der Waals surface area contributed by atoms with Gasteiger partial charge in [-0.15, -0.1) is 0 Å². The van der Waals surface area contributed by atoms with E-state index in [1.54, 1.807) is 12.1 Å². The van der Waals surface area contributed by atoms with Crippen LogP contribution in [-0.4, -0.2) is 65.5 Å². The molecular formula is C27H33F3N4O4S. The van der Waals surface area contributed by atoms with Crippen LogP contribution in [0.3, 0.4) is 0 Å². The molecule has 0 bridgehead atoms. The summed E-state index contributed by atoms with van der Waals surface area (Å²) >= 11 is 0. The molecule has 2 aromatic heterocycles. The lowest BCUT2D eigenvalue weighted by atomic mass is 9.96. The number of amides is 1. The molecule has 0 aliphatic carbocycles. The first kappa shape index (κ1) is 29.0. The van der Waals surface area contributed by atoms with Crippen LogP contribution in [0.4, 0.5) is 13.2 Å². The van der Waals surface area contributed by atoms with Crippen LogP contribution in [0, 0.1) is 5.92 Å². The molecule has 212 valence electrons. The van der Waals surface area contributed by atoms with E-state index >= 15 is 0 Å². The van der Waals surface area contributed by atoms with Gasteiger partial charge in [0, 0.05) is 41.4 Å². The summed E-state index contributed by atoms with van der Waals surface area (Å²) in [5.74, 6) is -1.73. The predicted molar refractivity (Wildman–Crippen MR) is 141 cm³/mol. The van der Waals surface area contributed by atoms with Crippen LogP contribution in [0.25, 0.3) is 10.9 Å². The highest BCUT2D eigenvalue weighted by Gasteiger charge is 2.41. The number of nitrogens with zero attached hydrogens (tertiary/aromatic N) is 3. The highest BCUT2D eigenvalue weighted by Crippen LogP contribution is 2.34. The number of carbonyl (C=O) groups excluding carboxylic acids is 1. The summed E-state index contributed by atoms with van der Waals surface area (Å²) in [6.07, 6.45) is -2.74. The van der Waals surface area contributed by atoms with Crippen molar-refractivity contribution in [2.75, 3.05) is 25.4 Å². The molecule has 1 aliphatic heterocycles. The molecule has 1 atom stereocenters. The van der Waals surface area contributed by atoms with E-state index in [1.807, 2.05) is 24.0 Å². The van der Waals surface area contributed by atoms with E-state index < -0.39 is 40.5 Å². The fourth-order valence-corrected chi connectivity index (χ4v) is 5.85. The Labute approximate surface area is 225 Å². The fraction of sp³-hybridized carbons (Fsp3) is 0.481. The predicted octanol–water partition coefficient (Wildman–Crippen LogP) is 4.09. The number of benzene rings is 1. The molecule has 8 nitrogen and oxygen atoms in total. The minimum Gasteiger partial charge on any atom is -0.394 e. The number of piperidine rings is 1. The molecule has 4 rings (SSSR count). The Morgan fingerprint density at radius 3 is 2.44 bits per heavy atom. The van der Waals surface area contributed by atoms with E-state index in [9.17, 15) is 31.5 Å². The second-order valence-corrected chi connectivity index (χ2v) is 12.1. The Kier molecular flexibility index (Phi) is 8.67. The number of aliphatic hydroxyl groups is 1. The van der Waals surface area contributed by atoms with Crippen LogP contribution in [0.1, 0.15) is 54.5 Å². The molecule has 3 aromatic rings. The van der Waals surface area contributed by atoms with Crippen LogP contribution < -0.4 is 5.32 Å². The SMILES string of the molecule is CCn1c(CN2CCC(C(F)(F)F)CC2)cc2cc(C(=O)N[C@@H](CO)c3ccc(S(=O)(=O)CC)cn3)ccc21. The van der Waals surface area contributed by atoms with Gasteiger partial charge in [-0.1, -0.05) is 6.92 Å². The number of aryl methyl sites for hydroxylation is 1. The van der Waals surface area contributed by atoms with E-state index in [4.69, 9.17) is 0 Å². The highest BCUT2D eigenvalue weighted by atomic mass is 32.2. The van der Waals surface area contributed by atoms with E-state index in [0.717, 1.165) is 16.6 Å². The average molecular weight is 567 g/mol. The Morgan fingerprint density at radius 2 is 1.87 bits per heavy atom. The number of aliphatic hydroxyl groups excluding tert-OH is 1. The monoisotopic (exact) mass is 566 g/mol. The average Bonchev–Trinajstić information content (AvgIpc) is 3.27. The van der Waals surface area contributed by atoms with Gasteiger partial charge in [0.1, 0.15) is 0 Å². The van der Waals surface area contributed by atoms with Crippen molar-refractivity contribution in [3.05, 3.63) is 59.5 Å². The lowest BCUT2D eigenvalue weighted by Gasteiger charge is -2.33. The number of halogens is 3. The van der Waals surface area contributed by atoms with Gasteiger partial charge < -0.3 is 15.0 Å². The zero-order chi connectivity index (χ0) is 28.4. The van der Waals surface area contributed by atoms with Crippen LogP contribution >= 0.6 is 0 Å². The number of rotatable bonds is 9. The molecule has 1 fully saturated rings. The number of likely N-dealkylation sites (tertiary alicyclic amines) is 1. The summed E-state index contributed by atoms with van der Waals surface area (Å²) in [5, 5.41) is 13.4. The number of nitrogens with one attached hydrogen (secondary N) is 1. The Balaban J connectivity index is 1.48. The second-order valence-electron chi connectivity index (χ2n) is 9.78. The van der Waals surface area contributed by atoms with Gasteiger partial charge in [-0.05, 0) is 69.3 Å². The number of fused-ring (bicyclic) bond motifs is 1. The molecule has 1 saturated heterocycles. The first-order chi connectivity index (χ1) is 18.5. The van der Waals surface area contributed by atoms with Crippen molar-refractivity contribution >= 4 is 26.6 Å². The minimum atomic E-state index is -4.15. The molecule has 1 aromatic carbocycles. The molecule has 0 spiro atoms. The molecule has 1 amide bonds. The van der Waals surface area contributed by atoms with Gasteiger partial charge in [-0.3, -0.25) is 14.7 Å². The van der Waals surface area contributed by atoms with Crippen molar-refractivity contribution in [3.8, 4) is 0 Å². The molecule has 1 aliphatic rings. The molecule has 3 heterocycles. The third-order valence-corrected chi connectivity index (χ3v) is 9.06. The van der Waals surface area contributed by atoms with Gasteiger partial charge in [0.2, 0.25) is 0 Å². The van der Waals surface area contributed by atoms with Crippen LogP contribution in [0.5, 0.6) is 0 Å². The van der Waals surface area contributed by atoms with E-state index in [0.29, 0.717) is 37.4 Å². The van der Waals surface area contributed by atoms with Crippen LogP contribution in [-0.2, 0) is 22.9 Å². The smallest absolute Gasteiger partial charge is 0.391 e. The molecular weight excluding hydrogens is 533 g/mol. The summed E-state index contributed by atoms with van der Waals surface area (Å²) in [4.78, 5) is 19.3. The summed E-state index contributed by atoms with van der Waals surface area (Å²) in [7, 11) is -3.42. The quantitative estimate of drug-likeness (QED) is 0.405. The third-order valence-electron chi connectivity index (χ3n) is 7.34. The largest absolute Gasteiger partial charge is 0.394 e. The van der Waals surface area contributed by atoms with Gasteiger partial charge >= 0.3 is 6.18 Å². The Morgan fingerprint density at radius 1 is 1.15 bits per heavy atom. The lowest BCUT2D eigenvalue weighted by Crippen LogP contribution is -2.38. The summed E-state index contributed by atoms with van der Waals surface area (Å²) in [5.41, 5.74) is 2.59. The Hall–Kier alpha value is -2.96. The summed E-state index contributed by atoms with van der Waals surface area (Å²) < 4.78 is 65.2. The third kappa shape index (κ3) is 6.44. The van der Waals surface area contributed by atoms with Crippen LogP contribution in [0.15, 0.2) is 47.5 Å². The number of aromatic nitrogens is 2. The number of hydrogen-bond donors (Lipinski definition) is 2. The van der Waals surface area contributed by atoms with Crippen molar-refractivity contribution in [2.24, 2.45) is 5.92 Å². The van der Waals surface area contributed by atoms with Gasteiger partial charge in [-0.25, -0.2) is 8.42 Å². The minimum absolute atomic E-state index is 0.0608. The number of alkyl halides is 3. The number of sulfone groups is 1. The molecule has 0 unspecified atom stereocenters. The second kappa shape index (κ2) is 11.6. The summed E-state index contributed by atoms with van der Waals surface area (Å²) in [6.45, 7) is 5.06. The lowest BCUT2D eigenvalue weighted by molar-refractivity contribution is -0.185. The van der Waals surface area contributed by atoms with Crippen molar-refractivity contribution in [3.63, 3.8) is 0 Å². The van der Waals surface area contributed by atoms with Gasteiger partial charge in [0.05, 0.1) is 34.9 Å². The number of pyridine rings is 1. The molecule has 0 saturated carbocycles. The molecule has 12 heteroatoms. The standard InChI is InChI=1S/C27H33F3N4O4S/c1-3-34-21(16-33-11-9-20(10-12-33)27(28,29)30)14-19-13-18(5-8-25(19)34)26(36)32-24(17-35)23-7-6-22(15-31-23)39(37,38)4-2/h5-8,13-15,20,24,35H,3-4,9-12,16-17H2,1-2H3,(H,32,36)/t24-/m0/s1. The highest BCUT2D eigenvalue weighted by molar-refractivity contribution is 7.91. The van der Waals surface area contributed by atoms with Crippen molar-refractivity contribution < 1.29 is 31.5 Å². The topological polar surface area (TPSA) is 105 Å². The maximum Gasteiger partial charge on any atom is 0.391 e. The van der Waals surface area contributed by atoms with Gasteiger partial charge in [0.25, 0.3) is 5.91 Å². The zero-order valence-corrected chi connectivity index (χ0v) is 22.7. The van der Waals surface area contributed by atoms with E-state index in [1.165, 1.54) is 25.3 Å². The van der Waals surface area contributed by atoms with Crippen LogP contribution in [0.2, 0.25) is 0 Å². The fourth-order valence-electron chi connectivity index (χ4n) is 5.02.